The van der Waals surface area contributed by atoms with Crippen molar-refractivity contribution in [2.45, 2.75) is 31.6 Å². The molecule has 31 heavy (non-hydrogen) atoms. The van der Waals surface area contributed by atoms with Crippen molar-refractivity contribution in [1.29, 1.82) is 0 Å². The van der Waals surface area contributed by atoms with E-state index in [9.17, 15) is 17.6 Å². The third-order valence-electron chi connectivity index (χ3n) is 5.46. The van der Waals surface area contributed by atoms with Gasteiger partial charge in [0, 0.05) is 25.8 Å². The predicted octanol–water partition coefficient (Wildman–Crippen LogP) is 3.94. The number of sulfonamides is 1. The third-order valence-corrected chi connectivity index (χ3v) is 8.12. The fourth-order valence-electron chi connectivity index (χ4n) is 3.68. The van der Waals surface area contributed by atoms with E-state index in [1.165, 1.54) is 29.5 Å². The van der Waals surface area contributed by atoms with Crippen LogP contribution in [0.4, 0.5) is 10.1 Å². The van der Waals surface area contributed by atoms with Gasteiger partial charge in [0.15, 0.2) is 0 Å². The van der Waals surface area contributed by atoms with E-state index in [2.05, 4.69) is 9.71 Å². The number of halogens is 1. The van der Waals surface area contributed by atoms with Gasteiger partial charge >= 0.3 is 0 Å². The smallest absolute Gasteiger partial charge is 0.265 e. The number of rotatable bonds is 5. The van der Waals surface area contributed by atoms with Crippen LogP contribution >= 0.6 is 11.3 Å². The van der Waals surface area contributed by atoms with Gasteiger partial charge in [0.2, 0.25) is 0 Å². The maximum Gasteiger partial charge on any atom is 0.265 e. The zero-order valence-corrected chi connectivity index (χ0v) is 19.1. The summed E-state index contributed by atoms with van der Waals surface area (Å²) in [7, 11) is -2.18. The first kappa shape index (κ1) is 21.5. The van der Waals surface area contributed by atoms with Crippen LogP contribution in [-0.4, -0.2) is 41.9 Å². The largest absolute Gasteiger partial charge is 0.345 e. The van der Waals surface area contributed by atoms with Gasteiger partial charge in [0.1, 0.15) is 20.6 Å². The van der Waals surface area contributed by atoms with Crippen molar-refractivity contribution in [3.8, 4) is 10.7 Å². The van der Waals surface area contributed by atoms with Gasteiger partial charge in [-0.3, -0.25) is 9.52 Å². The Bertz CT molecular complexity index is 1260. The third kappa shape index (κ3) is 4.09. The zero-order chi connectivity index (χ0) is 22.3. The topological polar surface area (TPSA) is 84.3 Å². The number of amides is 1. The van der Waals surface area contributed by atoms with Crippen LogP contribution in [0.25, 0.3) is 10.7 Å². The van der Waals surface area contributed by atoms with E-state index in [1.54, 1.807) is 31.5 Å². The Kier molecular flexibility index (Phi) is 5.61. The van der Waals surface area contributed by atoms with E-state index in [4.69, 9.17) is 0 Å². The van der Waals surface area contributed by atoms with Gasteiger partial charge in [0.05, 0.1) is 17.1 Å². The Morgan fingerprint density at radius 1 is 1.19 bits per heavy atom. The van der Waals surface area contributed by atoms with Crippen LogP contribution in [0.15, 0.2) is 35.2 Å². The van der Waals surface area contributed by atoms with Crippen molar-refractivity contribution < 1.29 is 17.6 Å². The molecule has 2 aromatic heterocycles. The van der Waals surface area contributed by atoms with Crippen LogP contribution in [0.3, 0.4) is 0 Å². The monoisotopic (exact) mass is 462 g/mol. The lowest BCUT2D eigenvalue weighted by Crippen LogP contribution is -2.27. The molecular weight excluding hydrogens is 439 g/mol. The highest BCUT2D eigenvalue weighted by Gasteiger charge is 2.27. The molecule has 1 aromatic carbocycles. The molecule has 10 heteroatoms. The van der Waals surface area contributed by atoms with E-state index >= 15 is 0 Å². The number of nitrogens with one attached hydrogen (secondary N) is 1. The molecule has 0 saturated carbocycles. The maximum atomic E-state index is 13.5. The molecule has 1 saturated heterocycles. The molecule has 0 bridgehead atoms. The molecule has 0 spiro atoms. The van der Waals surface area contributed by atoms with Crippen LogP contribution in [-0.2, 0) is 17.1 Å². The maximum absolute atomic E-state index is 13.5. The highest BCUT2D eigenvalue weighted by Crippen LogP contribution is 2.33. The molecule has 7 nitrogen and oxygen atoms in total. The first-order valence-electron chi connectivity index (χ1n) is 9.89. The Morgan fingerprint density at radius 2 is 1.90 bits per heavy atom. The van der Waals surface area contributed by atoms with Crippen LogP contribution in [0.2, 0.25) is 0 Å². The van der Waals surface area contributed by atoms with Gasteiger partial charge in [-0.05, 0) is 51.0 Å². The van der Waals surface area contributed by atoms with Crippen molar-refractivity contribution >= 4 is 33.0 Å². The van der Waals surface area contributed by atoms with E-state index < -0.39 is 15.8 Å². The molecule has 1 amide bonds. The number of hydrogen-bond acceptors (Lipinski definition) is 5. The van der Waals surface area contributed by atoms with Crippen molar-refractivity contribution in [3.05, 3.63) is 52.4 Å². The SMILES string of the molecule is Cc1nc(-c2cc(S(=O)(=O)Nc3cccc(F)c3)c(C)n2C)sc1C(=O)N1CCCC1. The van der Waals surface area contributed by atoms with Gasteiger partial charge in [0.25, 0.3) is 15.9 Å². The summed E-state index contributed by atoms with van der Waals surface area (Å²) in [5, 5.41) is 0.581. The molecule has 1 aliphatic rings. The minimum absolute atomic E-state index is 0.0229. The Hall–Kier alpha value is -2.72. The first-order chi connectivity index (χ1) is 14.7. The number of aromatic nitrogens is 2. The van der Waals surface area contributed by atoms with Crippen molar-refractivity contribution in [1.82, 2.24) is 14.5 Å². The molecule has 1 aliphatic heterocycles. The Labute approximate surface area is 184 Å². The predicted molar refractivity (Wildman–Crippen MR) is 118 cm³/mol. The molecule has 4 rings (SSSR count). The van der Waals surface area contributed by atoms with Gasteiger partial charge in [-0.15, -0.1) is 11.3 Å². The summed E-state index contributed by atoms with van der Waals surface area (Å²) < 4.78 is 43.5. The Morgan fingerprint density at radius 3 is 2.58 bits per heavy atom. The highest BCUT2D eigenvalue weighted by molar-refractivity contribution is 7.92. The van der Waals surface area contributed by atoms with Gasteiger partial charge in [-0.25, -0.2) is 17.8 Å². The molecule has 0 radical (unpaired) electrons. The average Bonchev–Trinajstić information content (AvgIpc) is 3.42. The molecule has 1 N–H and O–H groups in total. The summed E-state index contributed by atoms with van der Waals surface area (Å²) in [6.07, 6.45) is 2.01. The number of nitrogens with zero attached hydrogens (tertiary/aromatic N) is 3. The summed E-state index contributed by atoms with van der Waals surface area (Å²) in [6.45, 7) is 4.99. The summed E-state index contributed by atoms with van der Waals surface area (Å²) in [6, 6.07) is 6.83. The second-order valence-corrected chi connectivity index (χ2v) is 10.2. The summed E-state index contributed by atoms with van der Waals surface area (Å²) in [5.74, 6) is -0.551. The number of likely N-dealkylation sites (tertiary alicyclic amines) is 1. The zero-order valence-electron chi connectivity index (χ0n) is 17.5. The van der Waals surface area contributed by atoms with E-state index in [0.717, 1.165) is 32.0 Å². The van der Waals surface area contributed by atoms with Crippen LogP contribution in [0, 0.1) is 19.7 Å². The van der Waals surface area contributed by atoms with E-state index in [-0.39, 0.29) is 16.5 Å². The van der Waals surface area contributed by atoms with Gasteiger partial charge in [-0.2, -0.15) is 0 Å². The van der Waals surface area contributed by atoms with E-state index in [1.807, 2.05) is 4.90 Å². The first-order valence-corrected chi connectivity index (χ1v) is 12.2. The minimum Gasteiger partial charge on any atom is -0.345 e. The van der Waals surface area contributed by atoms with Crippen LogP contribution in [0.5, 0.6) is 0 Å². The molecule has 1 fully saturated rings. The Balaban J connectivity index is 1.68. The van der Waals surface area contributed by atoms with Crippen molar-refractivity contribution in [2.24, 2.45) is 7.05 Å². The summed E-state index contributed by atoms with van der Waals surface area (Å²) in [4.78, 5) is 19.9. The number of carbonyl (C=O) groups is 1. The highest BCUT2D eigenvalue weighted by atomic mass is 32.2. The quantitative estimate of drug-likeness (QED) is 0.622. The van der Waals surface area contributed by atoms with Crippen LogP contribution < -0.4 is 4.72 Å². The molecule has 0 unspecified atom stereocenters. The lowest BCUT2D eigenvalue weighted by molar-refractivity contribution is 0.0796. The molecular formula is C21H23FN4O3S2. The molecule has 0 atom stereocenters. The minimum atomic E-state index is -3.94. The fourth-order valence-corrected chi connectivity index (χ4v) is 6.10. The number of carbonyl (C=O) groups excluding carboxylic acids is 1. The number of anilines is 1. The van der Waals surface area contributed by atoms with Gasteiger partial charge < -0.3 is 9.47 Å². The molecule has 164 valence electrons. The lowest BCUT2D eigenvalue weighted by atomic mass is 10.3. The fraction of sp³-hybridized carbons (Fsp3) is 0.333. The second-order valence-electron chi connectivity index (χ2n) is 7.59. The number of thiazole rings is 1. The number of hydrogen-bond donors (Lipinski definition) is 1. The molecule has 3 heterocycles. The number of aryl methyl sites for hydroxylation is 1. The van der Waals surface area contributed by atoms with Gasteiger partial charge in [-0.1, -0.05) is 6.07 Å². The second kappa shape index (κ2) is 8.08. The van der Waals surface area contributed by atoms with E-state index in [0.29, 0.717) is 27.0 Å². The lowest BCUT2D eigenvalue weighted by Gasteiger charge is -2.13. The van der Waals surface area contributed by atoms with Crippen molar-refractivity contribution in [3.63, 3.8) is 0 Å². The molecule has 3 aromatic rings. The normalized spacial score (nSPS) is 14.3. The van der Waals surface area contributed by atoms with Crippen molar-refractivity contribution in [2.75, 3.05) is 17.8 Å². The average molecular weight is 463 g/mol. The summed E-state index contributed by atoms with van der Waals surface area (Å²) >= 11 is 1.27. The summed E-state index contributed by atoms with van der Waals surface area (Å²) in [5.41, 5.74) is 1.90. The standard InChI is InChI=1S/C21H23FN4O3S2/c1-13-19(21(27)26-9-4-5-10-26)30-20(23-13)17-12-18(14(2)25(17)3)31(28,29)24-16-8-6-7-15(22)11-16/h6-8,11-12,24H,4-5,9-10H2,1-3H3. The molecule has 0 aliphatic carbocycles. The number of benzene rings is 1. The van der Waals surface area contributed by atoms with Crippen LogP contribution in [0.1, 0.15) is 33.9 Å².